The molecule has 0 aliphatic rings. The van der Waals surface area contributed by atoms with Crippen molar-refractivity contribution in [2.45, 2.75) is 225 Å². The highest BCUT2D eigenvalue weighted by atomic mass is 31.2. The summed E-state index contributed by atoms with van der Waals surface area (Å²) >= 11 is 0. The van der Waals surface area contributed by atoms with Crippen LogP contribution in [0.25, 0.3) is 0 Å². The molecule has 0 saturated heterocycles. The summed E-state index contributed by atoms with van der Waals surface area (Å²) in [6, 6.07) is 0. The van der Waals surface area contributed by atoms with E-state index in [0.717, 1.165) is 114 Å². The molecule has 0 bridgehead atoms. The van der Waals surface area contributed by atoms with Crippen LogP contribution in [0, 0.1) is 47.4 Å². The molecule has 0 saturated carbocycles. The summed E-state index contributed by atoms with van der Waals surface area (Å²) in [7, 11) is -4.62. The van der Waals surface area contributed by atoms with E-state index in [1.165, 1.54) is 96.3 Å². The third-order valence-corrected chi connectivity index (χ3v) is 11.7. The molecule has 384 valence electrons. The van der Waals surface area contributed by atoms with E-state index in [2.05, 4.69) is 61.2 Å². The third kappa shape index (κ3) is 52.3. The van der Waals surface area contributed by atoms with Crippen LogP contribution in [-0.2, 0) is 42.8 Å². The van der Waals surface area contributed by atoms with E-state index in [9.17, 15) is 19.0 Å². The Bertz CT molecular complexity index is 1460. The van der Waals surface area contributed by atoms with E-state index in [1.807, 2.05) is 0 Å². The Kier molecular flexibility index (Phi) is 48.7. The summed E-state index contributed by atoms with van der Waals surface area (Å²) in [6.07, 6.45) is 35.7. The van der Waals surface area contributed by atoms with Gasteiger partial charge in [0.05, 0.1) is 39.5 Å². The maximum atomic E-state index is 12.6. The molecule has 0 heterocycles. The molecule has 0 aromatic carbocycles. The van der Waals surface area contributed by atoms with Crippen molar-refractivity contribution in [1.29, 1.82) is 0 Å². The van der Waals surface area contributed by atoms with Crippen molar-refractivity contribution in [3.05, 3.63) is 0 Å². The smallest absolute Gasteiger partial charge is 0.472 e. The van der Waals surface area contributed by atoms with Gasteiger partial charge in [0.15, 0.2) is 0 Å². The van der Waals surface area contributed by atoms with Gasteiger partial charge in [0.2, 0.25) is 0 Å². The van der Waals surface area contributed by atoms with Gasteiger partial charge in [0.1, 0.15) is 12.7 Å². The molecule has 0 fully saturated rings. The van der Waals surface area contributed by atoms with Crippen LogP contribution in [0.3, 0.4) is 0 Å². The summed E-state index contributed by atoms with van der Waals surface area (Å²) in [6.45, 7) is 2.76. The zero-order chi connectivity index (χ0) is 49.0. The van der Waals surface area contributed by atoms with Crippen LogP contribution in [0.15, 0.2) is 0 Å². The molecule has 1 unspecified atom stereocenters. The fraction of sp³-hybridized carbons (Fsp3) is 0.811. The molecule has 0 spiro atoms. The lowest BCUT2D eigenvalue weighted by Crippen LogP contribution is -2.36. The minimum Gasteiger partial charge on any atom is -0.480 e. The Morgan fingerprint density at radius 1 is 0.463 bits per heavy atom. The molecule has 13 nitrogen and oxygen atoms in total. The summed E-state index contributed by atoms with van der Waals surface area (Å²) in [4.78, 5) is 54.9. The summed E-state index contributed by atoms with van der Waals surface area (Å²) in [5.41, 5.74) is 0. The highest BCUT2D eigenvalue weighted by Crippen LogP contribution is 2.43. The summed E-state index contributed by atoms with van der Waals surface area (Å²) in [5, 5.41) is 18.0. The topological polar surface area (TPSA) is 171 Å². The molecule has 67 heavy (non-hydrogen) atoms. The highest BCUT2D eigenvalue weighted by Gasteiger charge is 2.25. The first-order chi connectivity index (χ1) is 32.7. The third-order valence-electron chi connectivity index (χ3n) is 10.7. The first kappa shape index (κ1) is 64.1. The number of carboxylic acids is 2. The first-order valence-electron chi connectivity index (χ1n) is 25.9. The zero-order valence-electron chi connectivity index (χ0n) is 41.8. The van der Waals surface area contributed by atoms with Gasteiger partial charge in [-0.05, 0) is 62.2 Å². The van der Waals surface area contributed by atoms with Gasteiger partial charge in [-0.25, -0.2) is 24.1 Å². The normalized spacial score (nSPS) is 12.2. The van der Waals surface area contributed by atoms with Crippen LogP contribution < -0.4 is 0 Å². The number of hydrogen-bond acceptors (Lipinski definition) is 10. The van der Waals surface area contributed by atoms with Crippen molar-refractivity contribution in [3.63, 3.8) is 0 Å². The number of unbranched alkanes of at least 4 members (excludes halogenated alkanes) is 28. The van der Waals surface area contributed by atoms with Gasteiger partial charge in [0, 0.05) is 32.2 Å². The molecule has 0 aromatic heterocycles. The molecule has 0 rings (SSSR count). The lowest BCUT2D eigenvalue weighted by atomic mass is 10.1. The molecule has 14 heteroatoms. The Hall–Kier alpha value is -2.91. The van der Waals surface area contributed by atoms with Crippen molar-refractivity contribution < 1.29 is 57.9 Å². The van der Waals surface area contributed by atoms with Crippen LogP contribution >= 0.6 is 7.82 Å². The number of aliphatic carboxylic acids is 2. The second-order valence-electron chi connectivity index (χ2n) is 17.1. The van der Waals surface area contributed by atoms with Gasteiger partial charge >= 0.3 is 19.8 Å². The van der Waals surface area contributed by atoms with Crippen molar-refractivity contribution in [2.75, 3.05) is 52.7 Å². The number of nitrogens with zero attached hydrogens (tertiary/aromatic N) is 1. The molecular weight excluding hydrogens is 874 g/mol. The minimum atomic E-state index is -4.62. The number of carbonyl (C=O) groups is 2. The Balaban J connectivity index is 4.38. The number of hydrogen-bond donors (Lipinski definition) is 3. The zero-order valence-corrected chi connectivity index (χ0v) is 42.7. The fourth-order valence-corrected chi connectivity index (χ4v) is 7.55. The van der Waals surface area contributed by atoms with Crippen LogP contribution in [0.4, 0.5) is 0 Å². The monoisotopic (exact) mass is 964 g/mol. The van der Waals surface area contributed by atoms with E-state index in [-0.39, 0.29) is 13.2 Å². The van der Waals surface area contributed by atoms with Gasteiger partial charge in [-0.15, -0.1) is 0 Å². The molecule has 0 amide bonds. The Morgan fingerprint density at radius 3 is 1.21 bits per heavy atom. The predicted molar refractivity (Wildman–Crippen MR) is 266 cm³/mol. The van der Waals surface area contributed by atoms with Crippen molar-refractivity contribution >= 4 is 19.8 Å². The van der Waals surface area contributed by atoms with Crippen LogP contribution in [-0.4, -0.2) is 90.7 Å². The average molecular weight is 964 g/mol. The molecule has 0 aromatic rings. The van der Waals surface area contributed by atoms with E-state index in [1.54, 1.807) is 0 Å². The summed E-state index contributed by atoms with van der Waals surface area (Å²) in [5.74, 6) is 22.2. The van der Waals surface area contributed by atoms with Gasteiger partial charge in [0.25, 0.3) is 0 Å². The molecule has 0 radical (unpaired) electrons. The number of carboxylic acid groups (broad SMARTS) is 2. The maximum Gasteiger partial charge on any atom is 0.472 e. The fourth-order valence-electron chi connectivity index (χ4n) is 6.81. The summed E-state index contributed by atoms with van der Waals surface area (Å²) < 4.78 is 22.6. The molecular formula is C53H90NO12P. The maximum absolute atomic E-state index is 12.6. The predicted octanol–water partition coefficient (Wildman–Crippen LogP) is 12.4. The minimum absolute atomic E-state index is 0.149. The average Bonchev–Trinajstić information content (AvgIpc) is 3.29. The highest BCUT2D eigenvalue weighted by molar-refractivity contribution is 7.47. The Labute approximate surface area is 406 Å². The largest absolute Gasteiger partial charge is 0.480 e. The Morgan fingerprint density at radius 2 is 0.821 bits per heavy atom. The van der Waals surface area contributed by atoms with Crippen LogP contribution in [0.5, 0.6) is 0 Å². The van der Waals surface area contributed by atoms with Crippen molar-refractivity contribution in [2.24, 2.45) is 0 Å². The number of phosphoric ester groups is 1. The van der Waals surface area contributed by atoms with Gasteiger partial charge < -0.3 is 15.1 Å². The number of rotatable bonds is 48. The molecule has 2 atom stereocenters. The standard InChI is InChI=1S/C53H90NO12P/c1-3-5-7-9-11-13-15-17-19-21-23-25-27-29-31-33-35-37-39-41-44-61-63-49-51(50-65-67(59,60)64-46-43-54(47-52(55)56)48-53(57)58)66-62-45-42-40-38-36-34-32-30-28-26-24-22-20-18-16-14-12-10-8-6-4-2/h51H,3-20,29-50H2,1-2H3,(H,55,56)(H,57,58)(H,59,60)/t51-/m1/s1. The second kappa shape index (κ2) is 51.0. The van der Waals surface area contributed by atoms with E-state index < -0.39 is 52.2 Å². The van der Waals surface area contributed by atoms with Gasteiger partial charge in [-0.1, -0.05) is 179 Å². The van der Waals surface area contributed by atoms with Gasteiger partial charge in [-0.3, -0.25) is 23.5 Å². The van der Waals surface area contributed by atoms with Crippen molar-refractivity contribution in [1.82, 2.24) is 4.90 Å². The van der Waals surface area contributed by atoms with Crippen LogP contribution in [0.2, 0.25) is 0 Å². The molecule has 0 aliphatic carbocycles. The lowest BCUT2D eigenvalue weighted by Gasteiger charge is -2.20. The van der Waals surface area contributed by atoms with Gasteiger partial charge in [-0.2, -0.15) is 0 Å². The lowest BCUT2D eigenvalue weighted by molar-refractivity contribution is -0.369. The quantitative estimate of drug-likeness (QED) is 0.0173. The first-order valence-corrected chi connectivity index (χ1v) is 27.4. The van der Waals surface area contributed by atoms with Crippen LogP contribution in [0.1, 0.15) is 219 Å². The number of phosphoric acid groups is 1. The van der Waals surface area contributed by atoms with Crippen molar-refractivity contribution in [3.8, 4) is 47.4 Å². The molecule has 0 aliphatic heterocycles. The second-order valence-corrected chi connectivity index (χ2v) is 18.6. The SMILES string of the molecule is CCCCCCCCCCC#CC#CCCCCCCCCOOC[C@H](COP(=O)(O)OCCN(CC(=O)O)CC(=O)O)OOCCCCCCCCC#CC#CCCCCCCCCCC. The van der Waals surface area contributed by atoms with E-state index in [0.29, 0.717) is 13.2 Å². The molecule has 3 N–H and O–H groups in total. The van der Waals surface area contributed by atoms with E-state index >= 15 is 0 Å². The van der Waals surface area contributed by atoms with E-state index in [4.69, 9.17) is 38.8 Å².